The summed E-state index contributed by atoms with van der Waals surface area (Å²) < 4.78 is 15.8. The zero-order valence-corrected chi connectivity index (χ0v) is 15.6. The molecule has 1 aromatic rings. The minimum atomic E-state index is -0.547. The van der Waals surface area contributed by atoms with Gasteiger partial charge in [0.15, 0.2) is 6.61 Å². The number of carbonyl (C=O) groups excluding carboxylic acids is 3. The van der Waals surface area contributed by atoms with E-state index < -0.39 is 30.3 Å². The summed E-state index contributed by atoms with van der Waals surface area (Å²) in [5, 5.41) is 2.65. The van der Waals surface area contributed by atoms with Gasteiger partial charge < -0.3 is 19.5 Å². The third kappa shape index (κ3) is 2.67. The normalized spacial score (nSPS) is 33.7. The number of amides is 1. The van der Waals surface area contributed by atoms with Crippen molar-refractivity contribution in [1.82, 2.24) is 0 Å². The zero-order chi connectivity index (χ0) is 18.4. The number of nitrogens with one attached hydrogen (secondary N) is 1. The Balaban J connectivity index is 1.37. The molecule has 2 saturated carbocycles. The summed E-state index contributed by atoms with van der Waals surface area (Å²) in [4.78, 5) is 36.7. The van der Waals surface area contributed by atoms with Crippen molar-refractivity contribution < 1.29 is 28.6 Å². The van der Waals surface area contributed by atoms with Crippen LogP contribution in [0.1, 0.15) is 6.42 Å². The molecule has 1 amide bonds. The number of ether oxygens (including phenoxy) is 3. The fourth-order valence-electron chi connectivity index (χ4n) is 4.46. The summed E-state index contributed by atoms with van der Waals surface area (Å²) >= 11 is 3.55. The van der Waals surface area contributed by atoms with Crippen LogP contribution in [0.25, 0.3) is 0 Å². The molecule has 1 aromatic carbocycles. The number of hydrogen-bond acceptors (Lipinski definition) is 6. The minimum absolute atomic E-state index is 0.00577. The van der Waals surface area contributed by atoms with Gasteiger partial charge in [0.2, 0.25) is 0 Å². The van der Waals surface area contributed by atoms with E-state index >= 15 is 0 Å². The molecule has 6 unspecified atom stereocenters. The smallest absolute Gasteiger partial charge is 0.310 e. The standard InChI is InChI=1S/C18H18BrNO6/c1-24-11-5-3-2-4-10(11)20-12(21)7-25-17(22)13-8-6-9-14(13)18(23)26-16(9)15(8)19/h2-5,8-9,13-16H,6-7H2,1H3,(H,20,21). The van der Waals surface area contributed by atoms with Crippen molar-refractivity contribution in [2.24, 2.45) is 23.7 Å². The molecule has 0 aromatic heterocycles. The molecule has 1 aliphatic heterocycles. The molecule has 1 N–H and O–H groups in total. The molecule has 1 heterocycles. The first-order chi connectivity index (χ1) is 12.5. The molecule has 3 aliphatic rings. The highest BCUT2D eigenvalue weighted by Crippen LogP contribution is 2.60. The third-order valence-electron chi connectivity index (χ3n) is 5.52. The van der Waals surface area contributed by atoms with Gasteiger partial charge in [0, 0.05) is 5.92 Å². The van der Waals surface area contributed by atoms with Gasteiger partial charge in [-0.2, -0.15) is 0 Å². The predicted molar refractivity (Wildman–Crippen MR) is 93.8 cm³/mol. The van der Waals surface area contributed by atoms with Crippen LogP contribution in [-0.4, -0.2) is 42.5 Å². The first-order valence-electron chi connectivity index (χ1n) is 8.45. The van der Waals surface area contributed by atoms with Crippen molar-refractivity contribution in [2.45, 2.75) is 17.4 Å². The van der Waals surface area contributed by atoms with E-state index in [1.807, 2.05) is 0 Å². The van der Waals surface area contributed by atoms with E-state index in [1.54, 1.807) is 24.3 Å². The minimum Gasteiger partial charge on any atom is -0.495 e. The van der Waals surface area contributed by atoms with Gasteiger partial charge >= 0.3 is 11.9 Å². The summed E-state index contributed by atoms with van der Waals surface area (Å²) in [7, 11) is 1.50. The molecule has 6 atom stereocenters. The Labute approximate surface area is 158 Å². The maximum atomic E-state index is 12.5. The fourth-order valence-corrected chi connectivity index (χ4v) is 5.51. The molecule has 7 nitrogen and oxygen atoms in total. The van der Waals surface area contributed by atoms with E-state index in [4.69, 9.17) is 14.2 Å². The number of para-hydroxylation sites is 2. The lowest BCUT2D eigenvalue weighted by Gasteiger charge is -2.26. The van der Waals surface area contributed by atoms with E-state index in [2.05, 4.69) is 21.2 Å². The number of hydrogen-bond donors (Lipinski definition) is 1. The van der Waals surface area contributed by atoms with Crippen LogP contribution in [0.5, 0.6) is 5.75 Å². The van der Waals surface area contributed by atoms with Crippen LogP contribution in [0, 0.1) is 23.7 Å². The van der Waals surface area contributed by atoms with Crippen molar-refractivity contribution in [3.63, 3.8) is 0 Å². The Kier molecular flexibility index (Phi) is 4.38. The molecular weight excluding hydrogens is 406 g/mol. The number of halogens is 1. The molecule has 0 radical (unpaired) electrons. The molecule has 8 heteroatoms. The number of alkyl halides is 1. The SMILES string of the molecule is COc1ccccc1NC(=O)COC(=O)C1C2CC3C(OC(=O)C31)C2Br. The second-order valence-corrected chi connectivity index (χ2v) is 7.87. The lowest BCUT2D eigenvalue weighted by molar-refractivity contribution is -0.157. The average Bonchev–Trinajstić information content (AvgIpc) is 3.24. The number of methoxy groups -OCH3 is 1. The van der Waals surface area contributed by atoms with E-state index in [0.29, 0.717) is 11.4 Å². The Morgan fingerprint density at radius 3 is 2.85 bits per heavy atom. The van der Waals surface area contributed by atoms with Crippen molar-refractivity contribution in [2.75, 3.05) is 19.0 Å². The van der Waals surface area contributed by atoms with Gasteiger partial charge in [-0.05, 0) is 24.5 Å². The van der Waals surface area contributed by atoms with Crippen molar-refractivity contribution in [3.8, 4) is 5.75 Å². The van der Waals surface area contributed by atoms with E-state index in [-0.39, 0.29) is 28.7 Å². The maximum absolute atomic E-state index is 12.5. The number of benzene rings is 1. The number of anilines is 1. The van der Waals surface area contributed by atoms with E-state index in [0.717, 1.165) is 6.42 Å². The zero-order valence-electron chi connectivity index (χ0n) is 14.0. The van der Waals surface area contributed by atoms with Gasteiger partial charge in [-0.1, -0.05) is 28.1 Å². The Hall–Kier alpha value is -2.09. The Bertz CT molecular complexity index is 768. The van der Waals surface area contributed by atoms with E-state index in [1.165, 1.54) is 7.11 Å². The molecule has 2 bridgehead atoms. The van der Waals surface area contributed by atoms with Crippen LogP contribution >= 0.6 is 15.9 Å². The average molecular weight is 424 g/mol. The highest BCUT2D eigenvalue weighted by Gasteiger charge is 2.68. The van der Waals surface area contributed by atoms with Gasteiger partial charge in [0.05, 0.1) is 29.5 Å². The highest BCUT2D eigenvalue weighted by molar-refractivity contribution is 9.09. The lowest BCUT2D eigenvalue weighted by atomic mass is 9.80. The number of fused-ring (bicyclic) bond motifs is 1. The second-order valence-electron chi connectivity index (χ2n) is 6.82. The number of carbonyl (C=O) groups is 3. The number of esters is 2. The van der Waals surface area contributed by atoms with Crippen molar-refractivity contribution in [3.05, 3.63) is 24.3 Å². The topological polar surface area (TPSA) is 90.9 Å². The van der Waals surface area contributed by atoms with Gasteiger partial charge in [-0.15, -0.1) is 0 Å². The molecule has 3 fully saturated rings. The van der Waals surface area contributed by atoms with Gasteiger partial charge in [0.1, 0.15) is 11.9 Å². The van der Waals surface area contributed by atoms with Gasteiger partial charge in [0.25, 0.3) is 5.91 Å². The molecule has 26 heavy (non-hydrogen) atoms. The molecule has 138 valence electrons. The molecule has 4 rings (SSSR count). The summed E-state index contributed by atoms with van der Waals surface area (Å²) in [5.41, 5.74) is 0.499. The summed E-state index contributed by atoms with van der Waals surface area (Å²) in [6.07, 6.45) is 0.625. The quantitative estimate of drug-likeness (QED) is 0.572. The maximum Gasteiger partial charge on any atom is 0.310 e. The number of rotatable bonds is 5. The van der Waals surface area contributed by atoms with Gasteiger partial charge in [-0.3, -0.25) is 14.4 Å². The van der Waals surface area contributed by atoms with Crippen LogP contribution in [0.2, 0.25) is 0 Å². The third-order valence-corrected chi connectivity index (χ3v) is 6.72. The molecule has 2 aliphatic carbocycles. The van der Waals surface area contributed by atoms with Crippen LogP contribution in [0.3, 0.4) is 0 Å². The first kappa shape index (κ1) is 17.3. The van der Waals surface area contributed by atoms with Crippen LogP contribution in [0.4, 0.5) is 5.69 Å². The van der Waals surface area contributed by atoms with Crippen LogP contribution < -0.4 is 10.1 Å². The predicted octanol–water partition coefficient (Wildman–Crippen LogP) is 1.75. The monoisotopic (exact) mass is 423 g/mol. The van der Waals surface area contributed by atoms with Crippen molar-refractivity contribution >= 4 is 39.5 Å². The molecule has 0 spiro atoms. The Morgan fingerprint density at radius 2 is 2.08 bits per heavy atom. The highest BCUT2D eigenvalue weighted by atomic mass is 79.9. The lowest BCUT2D eigenvalue weighted by Crippen LogP contribution is -2.39. The van der Waals surface area contributed by atoms with E-state index in [9.17, 15) is 14.4 Å². The Morgan fingerprint density at radius 1 is 1.31 bits per heavy atom. The fraction of sp³-hybridized carbons (Fsp3) is 0.500. The largest absolute Gasteiger partial charge is 0.495 e. The summed E-state index contributed by atoms with van der Waals surface area (Å²) in [6, 6.07) is 6.96. The van der Waals surface area contributed by atoms with Crippen LogP contribution in [-0.2, 0) is 23.9 Å². The second kappa shape index (κ2) is 6.57. The summed E-state index contributed by atoms with van der Waals surface area (Å²) in [6.45, 7) is -0.414. The molecular formula is C18H18BrNO6. The van der Waals surface area contributed by atoms with Gasteiger partial charge in [-0.25, -0.2) is 0 Å². The summed E-state index contributed by atoms with van der Waals surface area (Å²) in [5.74, 6) is -1.71. The van der Waals surface area contributed by atoms with Crippen molar-refractivity contribution in [1.29, 1.82) is 0 Å². The van der Waals surface area contributed by atoms with Crippen LogP contribution in [0.15, 0.2) is 24.3 Å². The molecule has 1 saturated heterocycles. The first-order valence-corrected chi connectivity index (χ1v) is 9.37.